The smallest absolute Gasteiger partial charge is 0.174 e. The van der Waals surface area contributed by atoms with Crippen molar-refractivity contribution in [3.63, 3.8) is 0 Å². The lowest BCUT2D eigenvalue weighted by molar-refractivity contribution is 0.878. The molecule has 0 atom stereocenters. The number of aromatic nitrogens is 5. The first-order valence-electron chi connectivity index (χ1n) is 16.3. The molecular formula is C43H29N5S. The highest BCUT2D eigenvalue weighted by atomic mass is 32.2. The zero-order chi connectivity index (χ0) is 32.6. The largest absolute Gasteiger partial charge is 0.286 e. The fourth-order valence-electron chi connectivity index (χ4n) is 6.37. The fourth-order valence-corrected chi connectivity index (χ4v) is 7.37. The van der Waals surface area contributed by atoms with Crippen molar-refractivity contribution in [3.8, 4) is 73.5 Å². The second-order valence-corrected chi connectivity index (χ2v) is 12.9. The minimum Gasteiger partial charge on any atom is -0.286 e. The SMILES string of the molecule is c1ccc(-c2nc(-c3ccccc3)nc(-c3cccc(-c4ccc5c(c4)-n4c(nc(-c6ccccc6)c4-c4ccccc4)SC5)c3)n2)cc1. The number of fused-ring (bicyclic) bond motifs is 3. The third-order valence-corrected chi connectivity index (χ3v) is 9.76. The van der Waals surface area contributed by atoms with Gasteiger partial charge in [-0.25, -0.2) is 19.9 Å². The highest BCUT2D eigenvalue weighted by molar-refractivity contribution is 7.98. The van der Waals surface area contributed by atoms with Crippen LogP contribution < -0.4 is 0 Å². The summed E-state index contributed by atoms with van der Waals surface area (Å²) in [6.45, 7) is 0. The Balaban J connectivity index is 1.17. The van der Waals surface area contributed by atoms with Crippen molar-refractivity contribution in [3.05, 3.63) is 169 Å². The maximum absolute atomic E-state index is 5.22. The molecule has 8 aromatic rings. The van der Waals surface area contributed by atoms with E-state index in [4.69, 9.17) is 19.9 Å². The third kappa shape index (κ3) is 5.52. The van der Waals surface area contributed by atoms with Gasteiger partial charge in [-0.3, -0.25) is 4.57 Å². The van der Waals surface area contributed by atoms with Crippen molar-refractivity contribution in [2.45, 2.75) is 10.9 Å². The topological polar surface area (TPSA) is 56.5 Å². The summed E-state index contributed by atoms with van der Waals surface area (Å²) in [6.07, 6.45) is 0. The summed E-state index contributed by atoms with van der Waals surface area (Å²) in [6, 6.07) is 56.5. The summed E-state index contributed by atoms with van der Waals surface area (Å²) < 4.78 is 2.35. The zero-order valence-corrected chi connectivity index (χ0v) is 27.3. The van der Waals surface area contributed by atoms with Gasteiger partial charge in [-0.15, -0.1) is 0 Å². The average molecular weight is 648 g/mol. The monoisotopic (exact) mass is 647 g/mol. The lowest BCUT2D eigenvalue weighted by Gasteiger charge is -2.21. The van der Waals surface area contributed by atoms with Crippen molar-refractivity contribution in [1.82, 2.24) is 24.5 Å². The van der Waals surface area contributed by atoms with E-state index >= 15 is 0 Å². The van der Waals surface area contributed by atoms with Crippen molar-refractivity contribution in [1.29, 1.82) is 0 Å². The van der Waals surface area contributed by atoms with Crippen LogP contribution in [0.4, 0.5) is 0 Å². The number of thioether (sulfide) groups is 1. The molecule has 9 rings (SSSR count). The molecule has 6 aromatic carbocycles. The number of imidazole rings is 1. The minimum absolute atomic E-state index is 0.639. The van der Waals surface area contributed by atoms with Crippen molar-refractivity contribution >= 4 is 11.8 Å². The highest BCUT2D eigenvalue weighted by Crippen LogP contribution is 2.44. The van der Waals surface area contributed by atoms with E-state index in [0.29, 0.717) is 17.5 Å². The van der Waals surface area contributed by atoms with E-state index in [1.54, 1.807) is 11.8 Å². The first-order chi connectivity index (χ1) is 24.3. The molecule has 0 unspecified atom stereocenters. The molecule has 6 heteroatoms. The molecule has 0 saturated heterocycles. The Kier molecular flexibility index (Phi) is 7.41. The predicted octanol–water partition coefficient (Wildman–Crippen LogP) is 10.7. The molecular weight excluding hydrogens is 619 g/mol. The van der Waals surface area contributed by atoms with Gasteiger partial charge in [-0.05, 0) is 28.8 Å². The second kappa shape index (κ2) is 12.5. The molecule has 0 amide bonds. The van der Waals surface area contributed by atoms with Gasteiger partial charge in [0.2, 0.25) is 0 Å². The van der Waals surface area contributed by atoms with Gasteiger partial charge in [-0.2, -0.15) is 0 Å². The molecule has 2 aromatic heterocycles. The minimum atomic E-state index is 0.639. The van der Waals surface area contributed by atoms with E-state index < -0.39 is 0 Å². The van der Waals surface area contributed by atoms with Crippen LogP contribution in [0.25, 0.3) is 73.5 Å². The van der Waals surface area contributed by atoms with Crippen molar-refractivity contribution in [2.24, 2.45) is 0 Å². The van der Waals surface area contributed by atoms with E-state index in [2.05, 4.69) is 102 Å². The van der Waals surface area contributed by atoms with E-state index in [1.165, 1.54) is 5.56 Å². The Morgan fingerprint density at radius 3 is 1.51 bits per heavy atom. The number of benzene rings is 6. The normalized spacial score (nSPS) is 11.9. The summed E-state index contributed by atoms with van der Waals surface area (Å²) in [5, 5.41) is 1.00. The Bertz CT molecular complexity index is 2370. The average Bonchev–Trinajstić information content (AvgIpc) is 3.59. The van der Waals surface area contributed by atoms with Crippen LogP contribution in [0.15, 0.2) is 169 Å². The predicted molar refractivity (Wildman–Crippen MR) is 199 cm³/mol. The molecule has 0 saturated carbocycles. The maximum Gasteiger partial charge on any atom is 0.174 e. The van der Waals surface area contributed by atoms with E-state index in [0.717, 1.165) is 66.9 Å². The maximum atomic E-state index is 5.22. The van der Waals surface area contributed by atoms with Crippen LogP contribution in [0.1, 0.15) is 5.56 Å². The van der Waals surface area contributed by atoms with Crippen LogP contribution in [-0.4, -0.2) is 24.5 Å². The molecule has 0 aliphatic carbocycles. The first kappa shape index (κ1) is 29.1. The molecule has 0 N–H and O–H groups in total. The highest BCUT2D eigenvalue weighted by Gasteiger charge is 2.26. The van der Waals surface area contributed by atoms with Crippen LogP contribution in [-0.2, 0) is 5.75 Å². The Hall–Kier alpha value is -6.11. The number of nitrogens with zero attached hydrogens (tertiary/aromatic N) is 5. The molecule has 0 spiro atoms. The summed E-state index contributed by atoms with van der Waals surface area (Å²) in [5.74, 6) is 2.80. The number of rotatable bonds is 6. The number of hydrogen-bond acceptors (Lipinski definition) is 5. The standard InChI is InChI=1S/C43H29N5S/c1-5-14-29(15-6-1)38-39(30-16-7-2-8-17-30)48-37-27-34(24-25-36(37)28-49-43(48)44-38)33-22-13-23-35(26-33)42-46-40(31-18-9-3-10-19-31)45-41(47-42)32-20-11-4-12-21-32/h1-27H,28H2. The van der Waals surface area contributed by atoms with Gasteiger partial charge >= 0.3 is 0 Å². The van der Waals surface area contributed by atoms with E-state index in [1.807, 2.05) is 66.7 Å². The van der Waals surface area contributed by atoms with Gasteiger partial charge in [0.1, 0.15) is 0 Å². The van der Waals surface area contributed by atoms with Gasteiger partial charge < -0.3 is 0 Å². The summed E-state index contributed by atoms with van der Waals surface area (Å²) >= 11 is 1.79. The zero-order valence-electron chi connectivity index (χ0n) is 26.4. The van der Waals surface area contributed by atoms with Crippen LogP contribution in [0, 0.1) is 0 Å². The van der Waals surface area contributed by atoms with Gasteiger partial charge in [0, 0.05) is 33.6 Å². The Morgan fingerprint density at radius 2 is 0.898 bits per heavy atom. The molecule has 1 aliphatic heterocycles. The molecule has 232 valence electrons. The molecule has 5 nitrogen and oxygen atoms in total. The van der Waals surface area contributed by atoms with Crippen LogP contribution in [0.3, 0.4) is 0 Å². The lowest BCUT2D eigenvalue weighted by Crippen LogP contribution is -2.07. The summed E-state index contributed by atoms with van der Waals surface area (Å²) in [5.41, 5.74) is 11.8. The summed E-state index contributed by atoms with van der Waals surface area (Å²) in [7, 11) is 0. The molecule has 0 fully saturated rings. The fraction of sp³-hybridized carbons (Fsp3) is 0.0233. The molecule has 0 radical (unpaired) electrons. The van der Waals surface area contributed by atoms with E-state index in [-0.39, 0.29) is 0 Å². The third-order valence-electron chi connectivity index (χ3n) is 8.78. The lowest BCUT2D eigenvalue weighted by atomic mass is 9.99. The van der Waals surface area contributed by atoms with Crippen LogP contribution in [0.5, 0.6) is 0 Å². The first-order valence-corrected chi connectivity index (χ1v) is 17.2. The molecule has 0 bridgehead atoms. The van der Waals surface area contributed by atoms with Gasteiger partial charge in [0.15, 0.2) is 22.6 Å². The van der Waals surface area contributed by atoms with Crippen LogP contribution in [0.2, 0.25) is 0 Å². The summed E-state index contributed by atoms with van der Waals surface area (Å²) in [4.78, 5) is 20.0. The molecule has 3 heterocycles. The van der Waals surface area contributed by atoms with Crippen molar-refractivity contribution < 1.29 is 0 Å². The van der Waals surface area contributed by atoms with Crippen LogP contribution >= 0.6 is 11.8 Å². The number of hydrogen-bond donors (Lipinski definition) is 0. The Labute approximate surface area is 289 Å². The quantitative estimate of drug-likeness (QED) is 0.180. The second-order valence-electron chi connectivity index (χ2n) is 11.9. The van der Waals surface area contributed by atoms with E-state index in [9.17, 15) is 0 Å². The Morgan fingerprint density at radius 1 is 0.408 bits per heavy atom. The molecule has 49 heavy (non-hydrogen) atoms. The molecule has 1 aliphatic rings. The van der Waals surface area contributed by atoms with Gasteiger partial charge in [0.05, 0.1) is 17.1 Å². The van der Waals surface area contributed by atoms with Crippen molar-refractivity contribution in [2.75, 3.05) is 0 Å². The van der Waals surface area contributed by atoms with Gasteiger partial charge in [-0.1, -0.05) is 163 Å². The van der Waals surface area contributed by atoms with Gasteiger partial charge in [0.25, 0.3) is 0 Å².